The normalized spacial score (nSPS) is 14.7. The Labute approximate surface area is 79.5 Å². The van der Waals surface area contributed by atoms with Crippen molar-refractivity contribution < 1.29 is 0 Å². The highest BCUT2D eigenvalue weighted by Crippen LogP contribution is 2.20. The zero-order valence-electron chi connectivity index (χ0n) is 8.25. The Balaban J connectivity index is 2.43. The first-order chi connectivity index (χ1) is 6.27. The molecule has 1 heterocycles. The van der Waals surface area contributed by atoms with Crippen LogP contribution in [-0.4, -0.2) is 4.98 Å². The van der Waals surface area contributed by atoms with E-state index < -0.39 is 0 Å². The fourth-order valence-corrected chi connectivity index (χ4v) is 1.63. The number of fused-ring (bicyclic) bond motifs is 1. The van der Waals surface area contributed by atoms with E-state index in [2.05, 4.69) is 43.1 Å². The Morgan fingerprint density at radius 1 is 1.31 bits per heavy atom. The lowest BCUT2D eigenvalue weighted by Crippen LogP contribution is -2.01. The highest BCUT2D eigenvalue weighted by molar-refractivity contribution is 5.52. The molecule has 0 spiro atoms. The molecule has 0 fully saturated rings. The maximum Gasteiger partial charge on any atom is 0.0661 e. The molecule has 0 unspecified atom stereocenters. The molecule has 13 heavy (non-hydrogen) atoms. The number of nitrogens with zero attached hydrogens (tertiary/aromatic N) is 1. The minimum atomic E-state index is 0.528. The van der Waals surface area contributed by atoms with Crippen molar-refractivity contribution in [1.29, 1.82) is 0 Å². The maximum atomic E-state index is 4.63. The molecule has 2 rings (SSSR count). The molecule has 1 aromatic heterocycles. The van der Waals surface area contributed by atoms with Gasteiger partial charge in [-0.3, -0.25) is 4.98 Å². The van der Waals surface area contributed by atoms with Crippen LogP contribution in [0.5, 0.6) is 0 Å². The van der Waals surface area contributed by atoms with Crippen LogP contribution in [0, 0.1) is 0 Å². The van der Waals surface area contributed by atoms with Gasteiger partial charge < -0.3 is 0 Å². The second-order valence-corrected chi connectivity index (χ2v) is 3.88. The summed E-state index contributed by atoms with van der Waals surface area (Å²) in [4.78, 5) is 4.63. The average Bonchev–Trinajstić information content (AvgIpc) is 2.17. The first kappa shape index (κ1) is 8.49. The van der Waals surface area contributed by atoms with Crippen molar-refractivity contribution in [1.82, 2.24) is 4.98 Å². The van der Waals surface area contributed by atoms with Gasteiger partial charge >= 0.3 is 0 Å². The summed E-state index contributed by atoms with van der Waals surface area (Å²) in [5, 5.41) is 0. The van der Waals surface area contributed by atoms with E-state index in [-0.39, 0.29) is 0 Å². The van der Waals surface area contributed by atoms with Gasteiger partial charge in [-0.1, -0.05) is 26.0 Å². The number of aromatic nitrogens is 1. The zero-order valence-corrected chi connectivity index (χ0v) is 8.25. The summed E-state index contributed by atoms with van der Waals surface area (Å²) in [5.41, 5.74) is 3.77. The predicted molar refractivity (Wildman–Crippen MR) is 55.7 cm³/mol. The van der Waals surface area contributed by atoms with Gasteiger partial charge in [-0.15, -0.1) is 0 Å². The lowest BCUT2D eigenvalue weighted by atomic mass is 10.00. The van der Waals surface area contributed by atoms with E-state index in [1.165, 1.54) is 17.0 Å². The van der Waals surface area contributed by atoms with Crippen molar-refractivity contribution in [2.45, 2.75) is 32.6 Å². The second-order valence-electron chi connectivity index (χ2n) is 3.88. The topological polar surface area (TPSA) is 12.9 Å². The molecule has 1 heteroatoms. The molecule has 0 saturated carbocycles. The van der Waals surface area contributed by atoms with Crippen LogP contribution in [0.15, 0.2) is 18.2 Å². The summed E-state index contributed by atoms with van der Waals surface area (Å²) < 4.78 is 0. The molecular weight excluding hydrogens is 158 g/mol. The molecule has 0 radical (unpaired) electrons. The molecule has 0 atom stereocenters. The summed E-state index contributed by atoms with van der Waals surface area (Å²) in [6.45, 7) is 4.36. The maximum absolute atomic E-state index is 4.63. The van der Waals surface area contributed by atoms with E-state index in [1.54, 1.807) is 0 Å². The van der Waals surface area contributed by atoms with Crippen LogP contribution in [0.4, 0.5) is 0 Å². The summed E-state index contributed by atoms with van der Waals surface area (Å²) in [7, 11) is 0. The largest absolute Gasteiger partial charge is 0.253 e. The van der Waals surface area contributed by atoms with Crippen LogP contribution in [0.1, 0.15) is 43.1 Å². The third-order valence-electron chi connectivity index (χ3n) is 2.48. The molecule has 1 nitrogen and oxygen atoms in total. The number of aryl methyl sites for hydroxylation is 1. The Bertz CT molecular complexity index is 337. The average molecular weight is 173 g/mol. The minimum Gasteiger partial charge on any atom is -0.253 e. The van der Waals surface area contributed by atoms with Crippen molar-refractivity contribution in [2.24, 2.45) is 0 Å². The third kappa shape index (κ3) is 1.64. The molecular formula is C12H15N. The van der Waals surface area contributed by atoms with Gasteiger partial charge in [0, 0.05) is 5.69 Å². The van der Waals surface area contributed by atoms with E-state index in [0.717, 1.165) is 12.8 Å². The molecule has 68 valence electrons. The van der Waals surface area contributed by atoms with Gasteiger partial charge in [0.15, 0.2) is 0 Å². The number of hydrogen-bond acceptors (Lipinski definition) is 1. The predicted octanol–water partition coefficient (Wildman–Crippen LogP) is 3.16. The highest BCUT2D eigenvalue weighted by Gasteiger charge is 2.07. The van der Waals surface area contributed by atoms with Crippen LogP contribution in [-0.2, 0) is 6.42 Å². The van der Waals surface area contributed by atoms with E-state index >= 15 is 0 Å². The zero-order chi connectivity index (χ0) is 9.26. The van der Waals surface area contributed by atoms with Crippen molar-refractivity contribution in [2.75, 3.05) is 0 Å². The molecule has 0 saturated heterocycles. The number of rotatable bonds is 1. The first-order valence-corrected chi connectivity index (χ1v) is 4.94. The summed E-state index contributed by atoms with van der Waals surface area (Å²) in [6, 6.07) is 4.38. The number of allylic oxidation sites excluding steroid dienone is 1. The standard InChI is InChI=1S/C12H15N/c1-9(2)11-8-7-10-5-3-4-6-12(10)13-11/h4,6-9H,3,5H2,1-2H3. The lowest BCUT2D eigenvalue weighted by molar-refractivity contribution is 0.811. The van der Waals surface area contributed by atoms with E-state index in [4.69, 9.17) is 0 Å². The van der Waals surface area contributed by atoms with Gasteiger partial charge in [-0.05, 0) is 36.5 Å². The monoisotopic (exact) mass is 173 g/mol. The van der Waals surface area contributed by atoms with Gasteiger partial charge in [0.05, 0.1) is 5.69 Å². The van der Waals surface area contributed by atoms with Crippen LogP contribution in [0.2, 0.25) is 0 Å². The molecule has 0 aromatic carbocycles. The molecule has 1 aliphatic rings. The molecule has 1 aromatic rings. The van der Waals surface area contributed by atoms with Crippen molar-refractivity contribution in [3.8, 4) is 0 Å². The van der Waals surface area contributed by atoms with Gasteiger partial charge in [0.2, 0.25) is 0 Å². The van der Waals surface area contributed by atoms with Crippen LogP contribution < -0.4 is 0 Å². The Morgan fingerprint density at radius 3 is 2.92 bits per heavy atom. The number of pyridine rings is 1. The van der Waals surface area contributed by atoms with Crippen molar-refractivity contribution in [3.63, 3.8) is 0 Å². The Kier molecular flexibility index (Phi) is 2.17. The van der Waals surface area contributed by atoms with Gasteiger partial charge in [-0.2, -0.15) is 0 Å². The smallest absolute Gasteiger partial charge is 0.0661 e. The van der Waals surface area contributed by atoms with Crippen LogP contribution >= 0.6 is 0 Å². The summed E-state index contributed by atoms with van der Waals surface area (Å²) in [5.74, 6) is 0.528. The molecule has 0 amide bonds. The van der Waals surface area contributed by atoms with Crippen LogP contribution in [0.3, 0.4) is 0 Å². The van der Waals surface area contributed by atoms with Crippen LogP contribution in [0.25, 0.3) is 6.08 Å². The Hall–Kier alpha value is -1.11. The van der Waals surface area contributed by atoms with Gasteiger partial charge in [-0.25, -0.2) is 0 Å². The molecule has 1 aliphatic carbocycles. The van der Waals surface area contributed by atoms with Gasteiger partial charge in [0.1, 0.15) is 0 Å². The first-order valence-electron chi connectivity index (χ1n) is 4.94. The minimum absolute atomic E-state index is 0.528. The Morgan fingerprint density at radius 2 is 2.15 bits per heavy atom. The molecule has 0 aliphatic heterocycles. The van der Waals surface area contributed by atoms with Crippen molar-refractivity contribution in [3.05, 3.63) is 35.2 Å². The SMILES string of the molecule is CC(C)c1ccc2c(n1)C=CCC2. The van der Waals surface area contributed by atoms with Crippen molar-refractivity contribution >= 4 is 6.08 Å². The molecule has 0 N–H and O–H groups in total. The highest BCUT2D eigenvalue weighted by atomic mass is 14.7. The summed E-state index contributed by atoms with van der Waals surface area (Å²) >= 11 is 0. The molecule has 0 bridgehead atoms. The fraction of sp³-hybridized carbons (Fsp3) is 0.417. The lowest BCUT2D eigenvalue weighted by Gasteiger charge is -2.12. The fourth-order valence-electron chi connectivity index (χ4n) is 1.63. The van der Waals surface area contributed by atoms with Gasteiger partial charge in [0.25, 0.3) is 0 Å². The quantitative estimate of drug-likeness (QED) is 0.635. The second kappa shape index (κ2) is 3.33. The van der Waals surface area contributed by atoms with E-state index in [0.29, 0.717) is 5.92 Å². The van der Waals surface area contributed by atoms with E-state index in [1.807, 2.05) is 0 Å². The summed E-state index contributed by atoms with van der Waals surface area (Å²) in [6.07, 6.45) is 6.66. The number of hydrogen-bond donors (Lipinski definition) is 0. The third-order valence-corrected chi connectivity index (χ3v) is 2.48. The van der Waals surface area contributed by atoms with E-state index in [9.17, 15) is 0 Å².